The van der Waals surface area contributed by atoms with Crippen LogP contribution in [0.5, 0.6) is 0 Å². The first-order valence-corrected chi connectivity index (χ1v) is 8.40. The van der Waals surface area contributed by atoms with Crippen LogP contribution in [0.15, 0.2) is 58.5 Å². The molecule has 1 aromatic heterocycles. The molecule has 0 unspecified atom stereocenters. The molecule has 25 heavy (non-hydrogen) atoms. The van der Waals surface area contributed by atoms with Crippen LogP contribution < -0.4 is 5.73 Å². The molecule has 125 valence electrons. The standard InChI is InChI=1S/C19H19BN3O2/c1-10-9-23-18(11(2)17(10)13-5-6-16(21)22-8-13)14(12-3-4-12)7-15(20-23)19(24)25/h5-9,12H,3-4H2,1-2H3,(H2,21,22)(H,24,25). The van der Waals surface area contributed by atoms with Crippen molar-refractivity contribution in [3.05, 3.63) is 64.1 Å². The molecule has 0 bridgehead atoms. The summed E-state index contributed by atoms with van der Waals surface area (Å²) < 4.78 is 0. The third-order valence-electron chi connectivity index (χ3n) is 4.92. The van der Waals surface area contributed by atoms with Gasteiger partial charge < -0.3 is 15.7 Å². The van der Waals surface area contributed by atoms with Gasteiger partial charge in [0, 0.05) is 22.9 Å². The fourth-order valence-corrected chi connectivity index (χ4v) is 3.66. The first kappa shape index (κ1) is 15.8. The summed E-state index contributed by atoms with van der Waals surface area (Å²) in [5.41, 5.74) is 12.7. The molecule has 0 spiro atoms. The van der Waals surface area contributed by atoms with Crippen LogP contribution in [0.2, 0.25) is 0 Å². The molecule has 6 heteroatoms. The predicted molar refractivity (Wildman–Crippen MR) is 98.1 cm³/mol. The van der Waals surface area contributed by atoms with Gasteiger partial charge in [0.1, 0.15) is 5.82 Å². The second kappa shape index (κ2) is 5.65. The Kier molecular flexibility index (Phi) is 3.56. The molecule has 3 N–H and O–H groups in total. The second-order valence-corrected chi connectivity index (χ2v) is 6.80. The second-order valence-electron chi connectivity index (χ2n) is 6.80. The van der Waals surface area contributed by atoms with Gasteiger partial charge in [0.2, 0.25) is 0 Å². The van der Waals surface area contributed by atoms with E-state index in [2.05, 4.69) is 11.9 Å². The van der Waals surface area contributed by atoms with Gasteiger partial charge in [-0.1, -0.05) is 6.08 Å². The predicted octanol–water partition coefficient (Wildman–Crippen LogP) is 2.92. The van der Waals surface area contributed by atoms with Crippen molar-refractivity contribution in [1.82, 2.24) is 9.79 Å². The van der Waals surface area contributed by atoms with Gasteiger partial charge in [0.15, 0.2) is 0 Å². The maximum absolute atomic E-state index is 11.5. The van der Waals surface area contributed by atoms with Gasteiger partial charge in [-0.25, -0.2) is 9.78 Å². The normalized spacial score (nSPS) is 20.0. The molecule has 2 aliphatic heterocycles. The zero-order chi connectivity index (χ0) is 17.7. The quantitative estimate of drug-likeness (QED) is 0.832. The van der Waals surface area contributed by atoms with Crippen molar-refractivity contribution in [2.24, 2.45) is 5.92 Å². The molecule has 3 aliphatic rings. The van der Waals surface area contributed by atoms with Crippen LogP contribution in [0, 0.1) is 5.92 Å². The van der Waals surface area contributed by atoms with Crippen LogP contribution in [0.25, 0.3) is 5.57 Å². The zero-order valence-electron chi connectivity index (χ0n) is 14.3. The molecule has 1 radical (unpaired) electrons. The molecule has 4 rings (SSSR count). The molecule has 1 aromatic rings. The largest absolute Gasteiger partial charge is 0.478 e. The number of hydrogen-bond donors (Lipinski definition) is 2. The molecule has 0 aromatic carbocycles. The van der Waals surface area contributed by atoms with Crippen molar-refractivity contribution in [2.75, 3.05) is 5.73 Å². The highest BCUT2D eigenvalue weighted by atomic mass is 16.4. The third kappa shape index (κ3) is 2.67. The zero-order valence-corrected chi connectivity index (χ0v) is 14.3. The van der Waals surface area contributed by atoms with Crippen molar-refractivity contribution >= 4 is 24.8 Å². The van der Waals surface area contributed by atoms with E-state index in [1.165, 1.54) is 0 Å². The number of aliphatic carboxylic acids is 1. The van der Waals surface area contributed by atoms with Gasteiger partial charge >= 0.3 is 5.97 Å². The van der Waals surface area contributed by atoms with Gasteiger partial charge in [0.25, 0.3) is 7.41 Å². The average Bonchev–Trinajstić information content (AvgIpc) is 3.40. The summed E-state index contributed by atoms with van der Waals surface area (Å²) in [5, 5.41) is 9.43. The van der Waals surface area contributed by atoms with Crippen LogP contribution in [0.4, 0.5) is 5.82 Å². The number of pyridine rings is 1. The van der Waals surface area contributed by atoms with Crippen LogP contribution in [0.3, 0.4) is 0 Å². The monoisotopic (exact) mass is 332 g/mol. The van der Waals surface area contributed by atoms with E-state index in [0.717, 1.165) is 46.4 Å². The van der Waals surface area contributed by atoms with Crippen molar-refractivity contribution in [1.29, 1.82) is 0 Å². The minimum absolute atomic E-state index is 0.333. The number of nitrogens with zero attached hydrogens (tertiary/aromatic N) is 2. The Hall–Kier alpha value is -2.76. The minimum atomic E-state index is -0.890. The number of nitrogen functional groups attached to an aromatic ring is 1. The maximum Gasteiger partial charge on any atom is 0.324 e. The molecule has 5 nitrogen and oxygen atoms in total. The van der Waals surface area contributed by atoms with E-state index in [1.54, 1.807) is 19.7 Å². The number of fused-ring (bicyclic) bond motifs is 1. The van der Waals surface area contributed by atoms with E-state index in [9.17, 15) is 9.90 Å². The number of hydrogen-bond acceptors (Lipinski definition) is 4. The molecule has 1 aliphatic carbocycles. The minimum Gasteiger partial charge on any atom is -0.478 e. The van der Waals surface area contributed by atoms with Crippen molar-refractivity contribution < 1.29 is 9.90 Å². The Bertz CT molecular complexity index is 890. The number of carbonyl (C=O) groups is 1. The third-order valence-corrected chi connectivity index (χ3v) is 4.92. The summed E-state index contributed by atoms with van der Waals surface area (Å²) in [6, 6.07) is 3.79. The van der Waals surface area contributed by atoms with E-state index in [4.69, 9.17) is 5.73 Å². The topological polar surface area (TPSA) is 79.5 Å². The van der Waals surface area contributed by atoms with Crippen LogP contribution >= 0.6 is 0 Å². The highest BCUT2D eigenvalue weighted by Crippen LogP contribution is 2.46. The van der Waals surface area contributed by atoms with Gasteiger partial charge in [-0.05, 0) is 73.2 Å². The molecule has 3 heterocycles. The average molecular weight is 332 g/mol. The molecule has 0 atom stereocenters. The van der Waals surface area contributed by atoms with Crippen LogP contribution in [-0.2, 0) is 4.79 Å². The molecular weight excluding hydrogens is 313 g/mol. The van der Waals surface area contributed by atoms with Crippen molar-refractivity contribution in [3.8, 4) is 0 Å². The number of anilines is 1. The Balaban J connectivity index is 1.90. The lowest BCUT2D eigenvalue weighted by Gasteiger charge is -2.36. The first-order valence-electron chi connectivity index (χ1n) is 8.40. The summed E-state index contributed by atoms with van der Waals surface area (Å²) in [6.07, 6.45) is 7.87. The number of carboxylic acid groups (broad SMARTS) is 1. The summed E-state index contributed by atoms with van der Waals surface area (Å²) >= 11 is 0. The van der Waals surface area contributed by atoms with Crippen molar-refractivity contribution in [2.45, 2.75) is 26.7 Å². The summed E-state index contributed by atoms with van der Waals surface area (Å²) in [6.45, 7) is 4.13. The van der Waals surface area contributed by atoms with Crippen LogP contribution in [0.1, 0.15) is 32.3 Å². The fourth-order valence-electron chi connectivity index (χ4n) is 3.66. The van der Waals surface area contributed by atoms with E-state index < -0.39 is 5.97 Å². The molecule has 0 saturated heterocycles. The Morgan fingerprint density at radius 3 is 2.72 bits per heavy atom. The lowest BCUT2D eigenvalue weighted by atomic mass is 9.71. The smallest absolute Gasteiger partial charge is 0.324 e. The van der Waals surface area contributed by atoms with E-state index in [0.29, 0.717) is 17.2 Å². The Morgan fingerprint density at radius 2 is 2.12 bits per heavy atom. The SMILES string of the molecule is CC1=CN2[B]C(C(=O)O)=CC(C3CC3)=C2C(C)=C1c1ccc(N)nc1. The van der Waals surface area contributed by atoms with Crippen LogP contribution in [-0.4, -0.2) is 28.3 Å². The van der Waals surface area contributed by atoms with Crippen molar-refractivity contribution in [3.63, 3.8) is 0 Å². The number of carboxylic acids is 1. The van der Waals surface area contributed by atoms with E-state index >= 15 is 0 Å². The summed E-state index contributed by atoms with van der Waals surface area (Å²) in [4.78, 5) is 17.7. The number of allylic oxidation sites excluding steroid dienone is 5. The molecule has 0 amide bonds. The maximum atomic E-state index is 11.5. The van der Waals surface area contributed by atoms with E-state index in [1.807, 2.05) is 30.1 Å². The van der Waals surface area contributed by atoms with E-state index in [-0.39, 0.29) is 0 Å². The number of nitrogens with two attached hydrogens (primary N) is 1. The summed E-state index contributed by atoms with van der Waals surface area (Å²) in [7, 11) is 1.70. The van der Waals surface area contributed by atoms with Gasteiger partial charge in [-0.15, -0.1) is 0 Å². The highest BCUT2D eigenvalue weighted by Gasteiger charge is 2.36. The lowest BCUT2D eigenvalue weighted by Crippen LogP contribution is -2.34. The first-order chi connectivity index (χ1) is 12.0. The summed E-state index contributed by atoms with van der Waals surface area (Å²) in [5.74, 6) is 0.0607. The highest BCUT2D eigenvalue weighted by molar-refractivity contribution is 6.52. The number of aromatic nitrogens is 1. The van der Waals surface area contributed by atoms with Gasteiger partial charge in [-0.3, -0.25) is 0 Å². The Morgan fingerprint density at radius 1 is 1.36 bits per heavy atom. The molecule has 1 saturated carbocycles. The number of rotatable bonds is 3. The Labute approximate surface area is 147 Å². The molecule has 1 fully saturated rings. The van der Waals surface area contributed by atoms with Gasteiger partial charge in [-0.2, -0.15) is 0 Å². The molecular formula is C19H19BN3O2. The fraction of sp³-hybridized carbons (Fsp3) is 0.263. The van der Waals surface area contributed by atoms with Gasteiger partial charge in [0.05, 0.1) is 0 Å². The lowest BCUT2D eigenvalue weighted by molar-refractivity contribution is -0.132.